The van der Waals surface area contributed by atoms with Gasteiger partial charge in [-0.2, -0.15) is 0 Å². The van der Waals surface area contributed by atoms with Crippen molar-refractivity contribution in [2.75, 3.05) is 6.54 Å². The first-order valence-electron chi connectivity index (χ1n) is 10.1. The van der Waals surface area contributed by atoms with E-state index in [1.807, 2.05) is 0 Å². The van der Waals surface area contributed by atoms with E-state index in [9.17, 15) is 14.0 Å². The lowest BCUT2D eigenvalue weighted by Gasteiger charge is -2.24. The number of hydrogen-bond acceptors (Lipinski definition) is 5. The number of oxazole rings is 1. The van der Waals surface area contributed by atoms with Crippen molar-refractivity contribution in [2.24, 2.45) is 5.92 Å². The molecule has 2 fully saturated rings. The number of aliphatic carboxylic acids is 1. The Morgan fingerprint density at radius 1 is 1.42 bits per heavy atom. The summed E-state index contributed by atoms with van der Waals surface area (Å²) in [6.07, 6.45) is 7.91. The molecule has 0 aliphatic carbocycles. The molecular weight excluding hydrogens is 403 g/mol. The molecule has 2 aliphatic rings. The van der Waals surface area contributed by atoms with Gasteiger partial charge in [0.1, 0.15) is 17.7 Å². The number of halogens is 1. The summed E-state index contributed by atoms with van der Waals surface area (Å²) in [5, 5.41) is 11.5. The van der Waals surface area contributed by atoms with E-state index in [1.54, 1.807) is 18.2 Å². The van der Waals surface area contributed by atoms with Crippen molar-refractivity contribution >= 4 is 18.0 Å². The molecule has 4 rings (SSSR count). The average molecular weight is 426 g/mol. The molecule has 2 saturated heterocycles. The molecule has 3 heterocycles. The van der Waals surface area contributed by atoms with Gasteiger partial charge in [-0.05, 0) is 60.9 Å². The molecule has 2 unspecified atom stereocenters. The summed E-state index contributed by atoms with van der Waals surface area (Å²) in [7, 11) is 0. The Morgan fingerprint density at radius 2 is 2.26 bits per heavy atom. The van der Waals surface area contributed by atoms with Gasteiger partial charge in [0.15, 0.2) is 5.69 Å². The summed E-state index contributed by atoms with van der Waals surface area (Å²) in [5.41, 5.74) is 0.621. The van der Waals surface area contributed by atoms with E-state index in [-0.39, 0.29) is 29.4 Å². The smallest absolute Gasteiger partial charge is 0.328 e. The normalized spacial score (nSPS) is 24.5. The van der Waals surface area contributed by atoms with Gasteiger partial charge in [-0.15, -0.1) is 6.58 Å². The summed E-state index contributed by atoms with van der Waals surface area (Å²) in [6, 6.07) is 4.56. The molecule has 2 aromatic rings. The number of nitrogens with one attached hydrogen (secondary N) is 1. The fraction of sp³-hybridized carbons (Fsp3) is 0.348. The molecule has 2 bridgehead atoms. The molecule has 0 spiro atoms. The quantitative estimate of drug-likeness (QED) is 0.495. The zero-order chi connectivity index (χ0) is 22.0. The number of rotatable bonds is 8. The minimum atomic E-state index is -1.06. The SMILES string of the molecule is C=CCNC(=O)c1coc(C23CCC(O2)[C@H](Cc2cc(/C=C/C(=O)O)ccc2F)C3)n1. The Labute approximate surface area is 178 Å². The molecular formula is C23H23FN2O5. The molecule has 2 aliphatic heterocycles. The molecule has 8 heteroatoms. The highest BCUT2D eigenvalue weighted by atomic mass is 19.1. The van der Waals surface area contributed by atoms with Gasteiger partial charge in [-0.25, -0.2) is 14.2 Å². The Balaban J connectivity index is 1.49. The third kappa shape index (κ3) is 4.29. The van der Waals surface area contributed by atoms with Gasteiger partial charge in [0, 0.05) is 12.6 Å². The standard InChI is InChI=1S/C23H23FN2O5/c1-2-9-25-21(29)18-13-30-22(26-18)23-8-7-19(31-23)16(12-23)11-15-10-14(3-5-17(15)24)4-6-20(27)28/h2-6,10,13,16,19H,1,7-9,11-12H2,(H,25,29)(H,27,28)/b6-4+/t16-,19?,23?/m1/s1. The Morgan fingerprint density at radius 3 is 3.03 bits per heavy atom. The van der Waals surface area contributed by atoms with Gasteiger partial charge in [0.2, 0.25) is 5.89 Å². The number of benzene rings is 1. The van der Waals surface area contributed by atoms with Crippen LogP contribution in [0.2, 0.25) is 0 Å². The zero-order valence-corrected chi connectivity index (χ0v) is 16.8. The van der Waals surface area contributed by atoms with E-state index in [2.05, 4.69) is 16.9 Å². The van der Waals surface area contributed by atoms with Gasteiger partial charge in [-0.1, -0.05) is 12.1 Å². The molecule has 31 heavy (non-hydrogen) atoms. The molecule has 1 aromatic heterocycles. The lowest BCUT2D eigenvalue weighted by molar-refractivity contribution is -0.131. The van der Waals surface area contributed by atoms with E-state index < -0.39 is 11.6 Å². The maximum Gasteiger partial charge on any atom is 0.328 e. The maximum absolute atomic E-state index is 14.4. The summed E-state index contributed by atoms with van der Waals surface area (Å²) in [4.78, 5) is 27.2. The summed E-state index contributed by atoms with van der Waals surface area (Å²) < 4.78 is 26.3. The van der Waals surface area contributed by atoms with Crippen LogP contribution in [0.3, 0.4) is 0 Å². The summed E-state index contributed by atoms with van der Waals surface area (Å²) in [5.74, 6) is -1.30. The lowest BCUT2D eigenvalue weighted by Crippen LogP contribution is -2.27. The zero-order valence-electron chi connectivity index (χ0n) is 16.8. The van der Waals surface area contributed by atoms with Crippen LogP contribution in [-0.4, -0.2) is 34.6 Å². The first-order valence-corrected chi connectivity index (χ1v) is 10.1. The number of fused-ring (bicyclic) bond motifs is 2. The van der Waals surface area contributed by atoms with Gasteiger partial charge in [0.05, 0.1) is 6.10 Å². The Kier molecular flexibility index (Phi) is 5.73. The number of amides is 1. The van der Waals surface area contributed by atoms with Crippen molar-refractivity contribution in [1.82, 2.24) is 10.3 Å². The molecule has 1 aromatic carbocycles. The average Bonchev–Trinajstić information content (AvgIpc) is 3.47. The third-order valence-electron chi connectivity index (χ3n) is 5.83. The molecule has 0 saturated carbocycles. The number of carbonyl (C=O) groups excluding carboxylic acids is 1. The van der Waals surface area contributed by atoms with Crippen LogP contribution < -0.4 is 5.32 Å². The largest absolute Gasteiger partial charge is 0.478 e. The Bertz CT molecular complexity index is 1050. The number of carboxylic acid groups (broad SMARTS) is 1. The molecule has 162 valence electrons. The molecule has 2 N–H and O–H groups in total. The van der Waals surface area contributed by atoms with Crippen LogP contribution in [0.15, 0.2) is 47.6 Å². The maximum atomic E-state index is 14.4. The van der Waals surface area contributed by atoms with Crippen molar-refractivity contribution in [3.63, 3.8) is 0 Å². The van der Waals surface area contributed by atoms with Crippen molar-refractivity contribution in [1.29, 1.82) is 0 Å². The topological polar surface area (TPSA) is 102 Å². The predicted molar refractivity (Wildman–Crippen MR) is 110 cm³/mol. The van der Waals surface area contributed by atoms with Crippen LogP contribution in [0.1, 0.15) is 46.8 Å². The molecule has 1 amide bonds. The monoisotopic (exact) mass is 426 g/mol. The van der Waals surface area contributed by atoms with Crippen LogP contribution in [-0.2, 0) is 21.6 Å². The lowest BCUT2D eigenvalue weighted by atomic mass is 9.78. The van der Waals surface area contributed by atoms with Crippen LogP contribution in [0.25, 0.3) is 6.08 Å². The number of carboxylic acids is 1. The second-order valence-electron chi connectivity index (χ2n) is 7.92. The number of nitrogens with zero attached hydrogens (tertiary/aromatic N) is 1. The van der Waals surface area contributed by atoms with Crippen molar-refractivity contribution in [3.05, 3.63) is 71.7 Å². The van der Waals surface area contributed by atoms with Gasteiger partial charge in [-0.3, -0.25) is 4.79 Å². The summed E-state index contributed by atoms with van der Waals surface area (Å²) >= 11 is 0. The first kappa shape index (κ1) is 21.0. The highest BCUT2D eigenvalue weighted by molar-refractivity contribution is 5.92. The minimum Gasteiger partial charge on any atom is -0.478 e. The van der Waals surface area contributed by atoms with Crippen LogP contribution in [0, 0.1) is 11.7 Å². The second-order valence-corrected chi connectivity index (χ2v) is 7.92. The number of carbonyl (C=O) groups is 2. The first-order chi connectivity index (χ1) is 14.9. The van der Waals surface area contributed by atoms with Gasteiger partial charge < -0.3 is 19.6 Å². The van der Waals surface area contributed by atoms with Crippen LogP contribution in [0.4, 0.5) is 4.39 Å². The van der Waals surface area contributed by atoms with Gasteiger partial charge >= 0.3 is 5.97 Å². The van der Waals surface area contributed by atoms with E-state index in [0.29, 0.717) is 36.4 Å². The van der Waals surface area contributed by atoms with E-state index >= 15 is 0 Å². The van der Waals surface area contributed by atoms with Crippen LogP contribution in [0.5, 0.6) is 0 Å². The van der Waals surface area contributed by atoms with E-state index in [0.717, 1.165) is 18.9 Å². The van der Waals surface area contributed by atoms with Crippen molar-refractivity contribution < 1.29 is 28.2 Å². The van der Waals surface area contributed by atoms with Gasteiger partial charge in [0.25, 0.3) is 5.91 Å². The fourth-order valence-corrected chi connectivity index (χ4v) is 4.42. The molecule has 3 atom stereocenters. The van der Waals surface area contributed by atoms with Crippen LogP contribution >= 0.6 is 0 Å². The number of aromatic nitrogens is 1. The van der Waals surface area contributed by atoms with Crippen molar-refractivity contribution in [3.8, 4) is 0 Å². The van der Waals surface area contributed by atoms with E-state index in [4.69, 9.17) is 14.3 Å². The Hall–Kier alpha value is -3.26. The van der Waals surface area contributed by atoms with Crippen molar-refractivity contribution in [2.45, 2.75) is 37.4 Å². The number of ether oxygens (including phenoxy) is 1. The highest BCUT2D eigenvalue weighted by Gasteiger charge is 2.55. The minimum absolute atomic E-state index is 0.0532. The fourth-order valence-electron chi connectivity index (χ4n) is 4.42. The third-order valence-corrected chi connectivity index (χ3v) is 5.83. The highest BCUT2D eigenvalue weighted by Crippen LogP contribution is 2.53. The number of hydrogen-bond donors (Lipinski definition) is 2. The predicted octanol–water partition coefficient (Wildman–Crippen LogP) is 3.46. The molecule has 0 radical (unpaired) electrons. The molecule has 7 nitrogen and oxygen atoms in total. The van der Waals surface area contributed by atoms with E-state index in [1.165, 1.54) is 18.4 Å². The summed E-state index contributed by atoms with van der Waals surface area (Å²) in [6.45, 7) is 3.89. The second kappa shape index (κ2) is 8.47.